The van der Waals surface area contributed by atoms with Gasteiger partial charge in [0.1, 0.15) is 12.1 Å². The highest BCUT2D eigenvalue weighted by atomic mass is 16.5. The van der Waals surface area contributed by atoms with E-state index >= 15 is 0 Å². The number of hydrogen-bond donors (Lipinski definition) is 1. The van der Waals surface area contributed by atoms with Crippen molar-refractivity contribution in [3.05, 3.63) is 12.2 Å². The molecule has 8 heteroatoms. The first-order valence-electron chi connectivity index (χ1n) is 5.71. The van der Waals surface area contributed by atoms with Gasteiger partial charge in [0.2, 0.25) is 11.8 Å². The Balaban J connectivity index is 5.35. The largest absolute Gasteiger partial charge is 0.467 e. The number of esters is 2. The van der Waals surface area contributed by atoms with Crippen molar-refractivity contribution < 1.29 is 28.7 Å². The molecule has 0 aromatic rings. The Labute approximate surface area is 116 Å². The zero-order valence-electron chi connectivity index (χ0n) is 11.8. The minimum Gasteiger partial charge on any atom is -0.467 e. The maximum atomic E-state index is 12.0. The van der Waals surface area contributed by atoms with Gasteiger partial charge in [-0.15, -0.1) is 0 Å². The molecule has 0 aliphatic carbocycles. The molecule has 2 amide bonds. The SMILES string of the molecule is COC(=O)[C@H](C)N(C(=O)/C=C/C(N)=O)[C@@H](C)C(=O)OC. The fraction of sp³-hybridized carbons (Fsp3) is 0.500. The van der Waals surface area contributed by atoms with Crippen LogP contribution in [0, 0.1) is 0 Å². The van der Waals surface area contributed by atoms with Gasteiger partial charge in [0.25, 0.3) is 0 Å². The first kappa shape index (κ1) is 17.6. The van der Waals surface area contributed by atoms with Crippen molar-refractivity contribution in [1.29, 1.82) is 0 Å². The lowest BCUT2D eigenvalue weighted by atomic mass is 10.2. The van der Waals surface area contributed by atoms with Crippen LogP contribution in [-0.2, 0) is 28.7 Å². The second-order valence-corrected chi connectivity index (χ2v) is 3.88. The molecule has 0 bridgehead atoms. The van der Waals surface area contributed by atoms with E-state index in [1.165, 1.54) is 13.8 Å². The third-order valence-corrected chi connectivity index (χ3v) is 2.56. The lowest BCUT2D eigenvalue weighted by Crippen LogP contribution is -2.51. The predicted octanol–water partition coefficient (Wildman–Crippen LogP) is -1.02. The van der Waals surface area contributed by atoms with E-state index in [9.17, 15) is 19.2 Å². The van der Waals surface area contributed by atoms with Gasteiger partial charge in [0.15, 0.2) is 0 Å². The van der Waals surface area contributed by atoms with Gasteiger partial charge in [-0.1, -0.05) is 0 Å². The van der Waals surface area contributed by atoms with Crippen LogP contribution in [0.1, 0.15) is 13.8 Å². The predicted molar refractivity (Wildman–Crippen MR) is 68.1 cm³/mol. The van der Waals surface area contributed by atoms with Crippen LogP contribution < -0.4 is 5.73 Å². The highest BCUT2D eigenvalue weighted by Gasteiger charge is 2.33. The smallest absolute Gasteiger partial charge is 0.328 e. The van der Waals surface area contributed by atoms with Crippen LogP contribution in [0.2, 0.25) is 0 Å². The molecular weight excluding hydrogens is 268 g/mol. The summed E-state index contributed by atoms with van der Waals surface area (Å²) in [5, 5.41) is 0. The van der Waals surface area contributed by atoms with Crippen molar-refractivity contribution in [3.63, 3.8) is 0 Å². The van der Waals surface area contributed by atoms with E-state index < -0.39 is 35.8 Å². The summed E-state index contributed by atoms with van der Waals surface area (Å²) >= 11 is 0. The summed E-state index contributed by atoms with van der Waals surface area (Å²) in [5.74, 6) is -2.97. The fourth-order valence-corrected chi connectivity index (χ4v) is 1.52. The van der Waals surface area contributed by atoms with Crippen LogP contribution in [0.3, 0.4) is 0 Å². The zero-order valence-corrected chi connectivity index (χ0v) is 11.8. The first-order chi connectivity index (χ1) is 9.26. The van der Waals surface area contributed by atoms with Gasteiger partial charge >= 0.3 is 11.9 Å². The Kier molecular flexibility index (Phi) is 6.98. The molecule has 0 radical (unpaired) electrons. The number of nitrogens with two attached hydrogens (primary N) is 1. The number of carbonyl (C=O) groups is 4. The summed E-state index contributed by atoms with van der Waals surface area (Å²) in [6.07, 6.45) is 1.71. The summed E-state index contributed by atoms with van der Waals surface area (Å²) in [4.78, 5) is 46.6. The maximum absolute atomic E-state index is 12.0. The number of hydrogen-bond acceptors (Lipinski definition) is 6. The van der Waals surface area contributed by atoms with Crippen molar-refractivity contribution in [2.45, 2.75) is 25.9 Å². The number of rotatable bonds is 6. The second-order valence-electron chi connectivity index (χ2n) is 3.88. The van der Waals surface area contributed by atoms with Crippen molar-refractivity contribution >= 4 is 23.8 Å². The molecule has 0 saturated heterocycles. The summed E-state index contributed by atoms with van der Waals surface area (Å²) in [7, 11) is 2.31. The van der Waals surface area contributed by atoms with Crippen LogP contribution in [0.5, 0.6) is 0 Å². The topological polar surface area (TPSA) is 116 Å². The zero-order chi connectivity index (χ0) is 15.9. The van der Waals surface area contributed by atoms with Crippen molar-refractivity contribution in [3.8, 4) is 0 Å². The number of primary amides is 1. The molecule has 8 nitrogen and oxygen atoms in total. The Bertz CT molecular complexity index is 410. The molecule has 0 spiro atoms. The standard InChI is InChI=1S/C12H18N2O6/c1-7(11(17)19-3)14(8(2)12(18)20-4)10(16)6-5-9(13)15/h5-8H,1-4H3,(H2,13,15)/b6-5+/t7-,8-/m0/s1. The van der Waals surface area contributed by atoms with E-state index in [1.54, 1.807) is 0 Å². The Hall–Kier alpha value is -2.38. The van der Waals surface area contributed by atoms with E-state index in [2.05, 4.69) is 9.47 Å². The Morgan fingerprint density at radius 1 is 0.950 bits per heavy atom. The van der Waals surface area contributed by atoms with E-state index in [0.717, 1.165) is 31.3 Å². The van der Waals surface area contributed by atoms with Crippen LogP contribution in [-0.4, -0.2) is 55.0 Å². The molecule has 2 N–H and O–H groups in total. The lowest BCUT2D eigenvalue weighted by molar-refractivity contribution is -0.159. The minimum absolute atomic E-state index is 0.707. The molecule has 20 heavy (non-hydrogen) atoms. The average Bonchev–Trinajstić information content (AvgIpc) is 2.42. The lowest BCUT2D eigenvalue weighted by Gasteiger charge is -2.30. The van der Waals surface area contributed by atoms with Crippen molar-refractivity contribution in [1.82, 2.24) is 4.90 Å². The number of amides is 2. The van der Waals surface area contributed by atoms with E-state index in [1.807, 2.05) is 0 Å². The van der Waals surface area contributed by atoms with Crippen molar-refractivity contribution in [2.24, 2.45) is 5.73 Å². The van der Waals surface area contributed by atoms with Gasteiger partial charge in [-0.05, 0) is 13.8 Å². The third kappa shape index (κ3) is 4.71. The molecule has 0 heterocycles. The summed E-state index contributed by atoms with van der Waals surface area (Å²) in [6.45, 7) is 2.78. The van der Waals surface area contributed by atoms with Gasteiger partial charge in [0.05, 0.1) is 14.2 Å². The van der Waals surface area contributed by atoms with Crippen LogP contribution in [0.25, 0.3) is 0 Å². The molecular formula is C12H18N2O6. The Morgan fingerprint density at radius 3 is 1.65 bits per heavy atom. The fourth-order valence-electron chi connectivity index (χ4n) is 1.52. The molecule has 0 unspecified atom stereocenters. The summed E-state index contributed by atoms with van der Waals surface area (Å²) in [6, 6.07) is -2.06. The Morgan fingerprint density at radius 2 is 1.35 bits per heavy atom. The third-order valence-electron chi connectivity index (χ3n) is 2.56. The molecule has 112 valence electrons. The van der Waals surface area contributed by atoms with Gasteiger partial charge in [0, 0.05) is 12.2 Å². The highest BCUT2D eigenvalue weighted by molar-refractivity contribution is 5.99. The molecule has 2 atom stereocenters. The van der Waals surface area contributed by atoms with Crippen LogP contribution in [0.15, 0.2) is 12.2 Å². The van der Waals surface area contributed by atoms with Gasteiger partial charge < -0.3 is 20.1 Å². The van der Waals surface area contributed by atoms with Crippen molar-refractivity contribution in [2.75, 3.05) is 14.2 Å². The first-order valence-corrected chi connectivity index (χ1v) is 5.71. The van der Waals surface area contributed by atoms with Gasteiger partial charge in [-0.25, -0.2) is 9.59 Å². The molecule has 0 aliphatic heterocycles. The molecule has 0 rings (SSSR count). The van der Waals surface area contributed by atoms with E-state index in [0.29, 0.717) is 0 Å². The number of methoxy groups -OCH3 is 2. The molecule has 0 saturated carbocycles. The molecule has 0 aromatic carbocycles. The normalized spacial score (nSPS) is 13.4. The van der Waals surface area contributed by atoms with Gasteiger partial charge in [-0.3, -0.25) is 9.59 Å². The summed E-state index contributed by atoms with van der Waals surface area (Å²) < 4.78 is 9.06. The van der Waals surface area contributed by atoms with E-state index in [4.69, 9.17) is 5.73 Å². The molecule has 0 aromatic heterocycles. The van der Waals surface area contributed by atoms with E-state index in [-0.39, 0.29) is 0 Å². The molecule has 0 fully saturated rings. The monoisotopic (exact) mass is 286 g/mol. The average molecular weight is 286 g/mol. The molecule has 0 aliphatic rings. The number of carbonyl (C=O) groups excluding carboxylic acids is 4. The van der Waals surface area contributed by atoms with Gasteiger partial charge in [-0.2, -0.15) is 0 Å². The highest BCUT2D eigenvalue weighted by Crippen LogP contribution is 2.10. The number of nitrogens with zero attached hydrogens (tertiary/aromatic N) is 1. The maximum Gasteiger partial charge on any atom is 0.328 e. The van der Waals surface area contributed by atoms with Crippen LogP contribution in [0.4, 0.5) is 0 Å². The summed E-state index contributed by atoms with van der Waals surface area (Å²) in [5.41, 5.74) is 4.89. The quantitative estimate of drug-likeness (QED) is 0.493. The van der Waals surface area contributed by atoms with Crippen LogP contribution >= 0.6 is 0 Å². The number of ether oxygens (including phenoxy) is 2. The second kappa shape index (κ2) is 7.93. The minimum atomic E-state index is -1.03.